The van der Waals surface area contributed by atoms with Crippen molar-refractivity contribution in [1.82, 2.24) is 10.2 Å². The highest BCUT2D eigenvalue weighted by molar-refractivity contribution is 9.10. The van der Waals surface area contributed by atoms with Crippen LogP contribution in [-0.4, -0.2) is 48.2 Å². The summed E-state index contributed by atoms with van der Waals surface area (Å²) < 4.78 is 1.14. The number of aliphatic imine (C=N–C) groups is 1. The number of piperidine rings is 1. The Kier molecular flexibility index (Phi) is 5.27. The third-order valence-corrected chi connectivity index (χ3v) is 5.41. The van der Waals surface area contributed by atoms with Gasteiger partial charge in [0.05, 0.1) is 12.6 Å². The third kappa shape index (κ3) is 4.07. The predicted molar refractivity (Wildman–Crippen MR) is 97.8 cm³/mol. The van der Waals surface area contributed by atoms with Crippen LogP contribution in [0.3, 0.4) is 0 Å². The van der Waals surface area contributed by atoms with Crippen LogP contribution in [0.25, 0.3) is 0 Å². The number of hydrogen-bond donors (Lipinski definition) is 2. The zero-order chi connectivity index (χ0) is 16.3. The molecule has 0 spiro atoms. The van der Waals surface area contributed by atoms with E-state index >= 15 is 0 Å². The predicted octanol–water partition coefficient (Wildman–Crippen LogP) is 2.90. The molecule has 3 rings (SSSR count). The molecule has 4 nitrogen and oxygen atoms in total. The van der Waals surface area contributed by atoms with Crippen molar-refractivity contribution < 1.29 is 5.11 Å². The number of likely N-dealkylation sites (tertiary alicyclic amines) is 1. The van der Waals surface area contributed by atoms with Gasteiger partial charge in [0.1, 0.15) is 0 Å². The van der Waals surface area contributed by atoms with E-state index < -0.39 is 0 Å². The van der Waals surface area contributed by atoms with Gasteiger partial charge in [0, 0.05) is 29.5 Å². The molecule has 2 aliphatic rings. The van der Waals surface area contributed by atoms with Crippen LogP contribution in [0.2, 0.25) is 0 Å². The Balaban J connectivity index is 1.70. The Morgan fingerprint density at radius 3 is 2.74 bits per heavy atom. The Bertz CT molecular complexity index is 563. The smallest absolute Gasteiger partial charge is 0.193 e. The van der Waals surface area contributed by atoms with E-state index in [2.05, 4.69) is 57.3 Å². The fourth-order valence-corrected chi connectivity index (χ4v) is 3.64. The molecule has 0 atom stereocenters. The number of benzene rings is 1. The van der Waals surface area contributed by atoms with E-state index in [0.717, 1.165) is 49.5 Å². The summed E-state index contributed by atoms with van der Waals surface area (Å²) in [4.78, 5) is 7.22. The van der Waals surface area contributed by atoms with Crippen molar-refractivity contribution in [3.63, 3.8) is 0 Å². The quantitative estimate of drug-likeness (QED) is 0.624. The largest absolute Gasteiger partial charge is 0.393 e. The summed E-state index contributed by atoms with van der Waals surface area (Å²) in [5, 5.41) is 13.1. The zero-order valence-corrected chi connectivity index (χ0v) is 15.3. The van der Waals surface area contributed by atoms with Crippen molar-refractivity contribution >= 4 is 21.9 Å². The maximum absolute atomic E-state index is 9.69. The van der Waals surface area contributed by atoms with Crippen LogP contribution in [0.15, 0.2) is 33.7 Å². The normalized spacial score (nSPS) is 21.3. The number of halogens is 1. The molecule has 1 saturated heterocycles. The molecule has 0 bridgehead atoms. The molecular formula is C18H26BrN3O. The number of rotatable bonds is 4. The lowest BCUT2D eigenvalue weighted by atomic mass is 9.96. The van der Waals surface area contributed by atoms with Gasteiger partial charge < -0.3 is 15.3 Å². The van der Waals surface area contributed by atoms with Crippen LogP contribution in [0, 0.1) is 0 Å². The Morgan fingerprint density at radius 1 is 1.39 bits per heavy atom. The van der Waals surface area contributed by atoms with E-state index in [0.29, 0.717) is 0 Å². The first-order valence-corrected chi connectivity index (χ1v) is 9.40. The summed E-state index contributed by atoms with van der Waals surface area (Å²) in [6, 6.07) is 8.64. The van der Waals surface area contributed by atoms with Gasteiger partial charge in [0.25, 0.3) is 0 Å². The van der Waals surface area contributed by atoms with Gasteiger partial charge in [-0.15, -0.1) is 0 Å². The number of hydrogen-bond acceptors (Lipinski definition) is 2. The van der Waals surface area contributed by atoms with Gasteiger partial charge in [-0.1, -0.05) is 28.1 Å². The Morgan fingerprint density at radius 2 is 2.13 bits per heavy atom. The van der Waals surface area contributed by atoms with E-state index in [-0.39, 0.29) is 11.5 Å². The summed E-state index contributed by atoms with van der Waals surface area (Å²) >= 11 is 3.58. The molecule has 2 fully saturated rings. The second-order valence-electron chi connectivity index (χ2n) is 6.68. The Hall–Kier alpha value is -1.07. The summed E-state index contributed by atoms with van der Waals surface area (Å²) in [7, 11) is 0. The molecule has 0 unspecified atom stereocenters. The van der Waals surface area contributed by atoms with Crippen molar-refractivity contribution in [3.8, 4) is 0 Å². The average molecular weight is 380 g/mol. The van der Waals surface area contributed by atoms with Crippen LogP contribution in [-0.2, 0) is 5.41 Å². The molecule has 23 heavy (non-hydrogen) atoms. The first kappa shape index (κ1) is 16.8. The topological polar surface area (TPSA) is 47.9 Å². The van der Waals surface area contributed by atoms with Crippen LogP contribution >= 0.6 is 15.9 Å². The molecule has 0 amide bonds. The Labute approximate surface area is 147 Å². The molecule has 1 aromatic rings. The van der Waals surface area contributed by atoms with Gasteiger partial charge in [0.15, 0.2) is 5.96 Å². The number of aliphatic hydroxyl groups excluding tert-OH is 1. The minimum absolute atomic E-state index is 0.148. The SMILES string of the molecule is CCNC(=NCC1(c2cccc(Br)c2)CC1)N1CCC(O)CC1. The lowest BCUT2D eigenvalue weighted by Crippen LogP contribution is -2.46. The fraction of sp³-hybridized carbons (Fsp3) is 0.611. The van der Waals surface area contributed by atoms with E-state index in [1.54, 1.807) is 0 Å². The third-order valence-electron chi connectivity index (χ3n) is 4.92. The molecule has 126 valence electrons. The lowest BCUT2D eigenvalue weighted by molar-refractivity contribution is 0.108. The molecule has 0 aromatic heterocycles. The van der Waals surface area contributed by atoms with Crippen LogP contribution in [0.5, 0.6) is 0 Å². The van der Waals surface area contributed by atoms with Crippen molar-refractivity contribution in [2.75, 3.05) is 26.2 Å². The number of nitrogens with zero attached hydrogens (tertiary/aromatic N) is 2. The highest BCUT2D eigenvalue weighted by Crippen LogP contribution is 2.48. The van der Waals surface area contributed by atoms with Gasteiger partial charge in [0.2, 0.25) is 0 Å². The first-order chi connectivity index (χ1) is 11.1. The van der Waals surface area contributed by atoms with Crippen molar-refractivity contribution in [2.45, 2.75) is 44.1 Å². The molecule has 1 aromatic carbocycles. The molecule has 1 aliphatic heterocycles. The van der Waals surface area contributed by atoms with Gasteiger partial charge >= 0.3 is 0 Å². The van der Waals surface area contributed by atoms with Crippen molar-refractivity contribution in [3.05, 3.63) is 34.3 Å². The van der Waals surface area contributed by atoms with Gasteiger partial charge in [-0.3, -0.25) is 4.99 Å². The summed E-state index contributed by atoms with van der Waals surface area (Å²) in [6.45, 7) is 5.59. The number of nitrogens with one attached hydrogen (secondary N) is 1. The molecule has 5 heteroatoms. The van der Waals surface area contributed by atoms with Gasteiger partial charge in [-0.25, -0.2) is 0 Å². The maximum atomic E-state index is 9.69. The first-order valence-electron chi connectivity index (χ1n) is 8.60. The standard InChI is InChI=1S/C18H26BrN3O/c1-2-20-17(22-10-6-16(23)7-11-22)21-13-18(8-9-18)14-4-3-5-15(19)12-14/h3-5,12,16,23H,2,6-11,13H2,1H3,(H,20,21). The molecule has 0 radical (unpaired) electrons. The van der Waals surface area contributed by atoms with Crippen LogP contribution in [0.4, 0.5) is 0 Å². The molecule has 1 heterocycles. The van der Waals surface area contributed by atoms with E-state index in [1.807, 2.05) is 0 Å². The van der Waals surface area contributed by atoms with E-state index in [9.17, 15) is 5.11 Å². The second kappa shape index (κ2) is 7.22. The maximum Gasteiger partial charge on any atom is 0.193 e. The minimum Gasteiger partial charge on any atom is -0.393 e. The monoisotopic (exact) mass is 379 g/mol. The van der Waals surface area contributed by atoms with E-state index in [1.165, 1.54) is 18.4 Å². The molecule has 1 saturated carbocycles. The number of guanidine groups is 1. The lowest BCUT2D eigenvalue weighted by Gasteiger charge is -2.32. The fourth-order valence-electron chi connectivity index (χ4n) is 3.24. The van der Waals surface area contributed by atoms with Crippen LogP contribution < -0.4 is 5.32 Å². The molecule has 2 N–H and O–H groups in total. The highest BCUT2D eigenvalue weighted by Gasteiger charge is 2.44. The number of aliphatic hydroxyl groups is 1. The highest BCUT2D eigenvalue weighted by atomic mass is 79.9. The van der Waals surface area contributed by atoms with Gasteiger partial charge in [-0.2, -0.15) is 0 Å². The summed E-state index contributed by atoms with van der Waals surface area (Å²) in [5.74, 6) is 1.00. The second-order valence-corrected chi connectivity index (χ2v) is 7.59. The van der Waals surface area contributed by atoms with Crippen molar-refractivity contribution in [2.24, 2.45) is 4.99 Å². The average Bonchev–Trinajstić information content (AvgIpc) is 3.34. The summed E-state index contributed by atoms with van der Waals surface area (Å²) in [6.07, 6.45) is 3.95. The molecular weight excluding hydrogens is 354 g/mol. The zero-order valence-electron chi connectivity index (χ0n) is 13.8. The minimum atomic E-state index is -0.148. The molecule has 1 aliphatic carbocycles. The van der Waals surface area contributed by atoms with Crippen LogP contribution in [0.1, 0.15) is 38.2 Å². The van der Waals surface area contributed by atoms with Gasteiger partial charge in [-0.05, 0) is 50.3 Å². The summed E-state index contributed by atoms with van der Waals surface area (Å²) in [5.41, 5.74) is 1.61. The van der Waals surface area contributed by atoms with Crippen molar-refractivity contribution in [1.29, 1.82) is 0 Å². The van der Waals surface area contributed by atoms with E-state index in [4.69, 9.17) is 4.99 Å².